The van der Waals surface area contributed by atoms with Gasteiger partial charge < -0.3 is 9.64 Å². The molecule has 9 heteroatoms. The number of halogens is 1. The molecule has 29 heavy (non-hydrogen) atoms. The standard InChI is InChI=1S/C20H31ClN4O3S/c1-29(26,27)25-8-2-15(3-9-25)13-28-14-17-10-19(17)16-4-6-24(7-5-16)20-22-11-18(21)12-23-20/h11-12,15-17,19H,2-10,13-14H2,1H3/t17-,19?/m0/s1. The maximum atomic E-state index is 11.6. The van der Waals surface area contributed by atoms with Crippen LogP contribution >= 0.6 is 11.6 Å². The Bertz CT molecular complexity index is 775. The second-order valence-corrected chi connectivity index (χ2v) is 11.2. The second kappa shape index (κ2) is 9.04. The highest BCUT2D eigenvalue weighted by Gasteiger charge is 2.43. The van der Waals surface area contributed by atoms with Crippen LogP contribution in [0.15, 0.2) is 12.4 Å². The van der Waals surface area contributed by atoms with Gasteiger partial charge in [0.05, 0.1) is 23.7 Å². The van der Waals surface area contributed by atoms with Crippen LogP contribution in [0.5, 0.6) is 0 Å². The van der Waals surface area contributed by atoms with Crippen LogP contribution in [0.25, 0.3) is 0 Å². The van der Waals surface area contributed by atoms with E-state index < -0.39 is 10.0 Å². The van der Waals surface area contributed by atoms with Crippen LogP contribution in [0.1, 0.15) is 32.1 Å². The molecule has 2 atom stereocenters. The summed E-state index contributed by atoms with van der Waals surface area (Å²) >= 11 is 5.87. The molecule has 1 unspecified atom stereocenters. The summed E-state index contributed by atoms with van der Waals surface area (Å²) in [6, 6.07) is 0. The molecular formula is C20H31ClN4O3S. The lowest BCUT2D eigenvalue weighted by molar-refractivity contribution is 0.0685. The fourth-order valence-electron chi connectivity index (χ4n) is 4.83. The van der Waals surface area contributed by atoms with Gasteiger partial charge in [-0.05, 0) is 55.8 Å². The summed E-state index contributed by atoms with van der Waals surface area (Å²) in [4.78, 5) is 10.9. The van der Waals surface area contributed by atoms with Gasteiger partial charge >= 0.3 is 0 Å². The number of hydrogen-bond acceptors (Lipinski definition) is 6. The zero-order valence-electron chi connectivity index (χ0n) is 17.0. The molecule has 0 bridgehead atoms. The van der Waals surface area contributed by atoms with Crippen LogP contribution in [0.2, 0.25) is 5.02 Å². The van der Waals surface area contributed by atoms with Gasteiger partial charge in [0.1, 0.15) is 0 Å². The monoisotopic (exact) mass is 442 g/mol. The van der Waals surface area contributed by atoms with Crippen LogP contribution < -0.4 is 4.90 Å². The van der Waals surface area contributed by atoms with Gasteiger partial charge in [0, 0.05) is 39.4 Å². The Kier molecular flexibility index (Phi) is 6.63. The number of aromatic nitrogens is 2. The molecular weight excluding hydrogens is 412 g/mol. The Hall–Kier alpha value is -0.960. The first-order valence-corrected chi connectivity index (χ1v) is 12.9. The average molecular weight is 443 g/mol. The number of rotatable bonds is 7. The predicted octanol–water partition coefficient (Wildman–Crippen LogP) is 2.67. The maximum absolute atomic E-state index is 11.6. The van der Waals surface area contributed by atoms with E-state index in [0.29, 0.717) is 29.9 Å². The van der Waals surface area contributed by atoms with Crippen LogP contribution in [0.4, 0.5) is 5.95 Å². The fourth-order valence-corrected chi connectivity index (χ4v) is 5.80. The third-order valence-electron chi connectivity index (χ3n) is 6.74. The minimum absolute atomic E-state index is 0.493. The molecule has 162 valence electrons. The van der Waals surface area contributed by atoms with E-state index in [4.69, 9.17) is 16.3 Å². The molecule has 0 spiro atoms. The Balaban J connectivity index is 1.12. The smallest absolute Gasteiger partial charge is 0.225 e. The van der Waals surface area contributed by atoms with Gasteiger partial charge in [0.25, 0.3) is 0 Å². The summed E-state index contributed by atoms with van der Waals surface area (Å²) < 4.78 is 30.8. The van der Waals surface area contributed by atoms with Gasteiger partial charge in [-0.2, -0.15) is 0 Å². The van der Waals surface area contributed by atoms with E-state index in [1.165, 1.54) is 25.5 Å². The minimum atomic E-state index is -3.04. The molecule has 7 nitrogen and oxygen atoms in total. The highest BCUT2D eigenvalue weighted by atomic mass is 35.5. The van der Waals surface area contributed by atoms with Gasteiger partial charge in [0.2, 0.25) is 16.0 Å². The second-order valence-electron chi connectivity index (χ2n) is 8.83. The highest BCUT2D eigenvalue weighted by Crippen LogP contribution is 2.48. The van der Waals surface area contributed by atoms with Gasteiger partial charge in [-0.3, -0.25) is 0 Å². The normalized spacial score (nSPS) is 27.3. The molecule has 1 aromatic heterocycles. The summed E-state index contributed by atoms with van der Waals surface area (Å²) in [5.41, 5.74) is 0. The lowest BCUT2D eigenvalue weighted by Crippen LogP contribution is -2.38. The van der Waals surface area contributed by atoms with E-state index in [0.717, 1.165) is 56.9 Å². The molecule has 1 saturated carbocycles. The van der Waals surface area contributed by atoms with Gasteiger partial charge in [-0.15, -0.1) is 0 Å². The molecule has 2 aliphatic heterocycles. The van der Waals surface area contributed by atoms with Crippen LogP contribution in [0.3, 0.4) is 0 Å². The predicted molar refractivity (Wildman–Crippen MR) is 114 cm³/mol. The molecule has 0 amide bonds. The summed E-state index contributed by atoms with van der Waals surface area (Å²) in [5.74, 6) is 3.56. The SMILES string of the molecule is CS(=O)(=O)N1CCC(COC[C@@H]2CC2C2CCN(c3ncc(Cl)cn3)CC2)CC1. The number of sulfonamides is 1. The first-order chi connectivity index (χ1) is 13.9. The van der Waals surface area contributed by atoms with Crippen LogP contribution in [-0.2, 0) is 14.8 Å². The Morgan fingerprint density at radius 2 is 1.72 bits per heavy atom. The number of ether oxygens (including phenoxy) is 1. The quantitative estimate of drug-likeness (QED) is 0.646. The Morgan fingerprint density at radius 1 is 1.07 bits per heavy atom. The van der Waals surface area contributed by atoms with Crippen molar-refractivity contribution < 1.29 is 13.2 Å². The molecule has 3 fully saturated rings. The zero-order valence-corrected chi connectivity index (χ0v) is 18.6. The minimum Gasteiger partial charge on any atom is -0.381 e. The molecule has 0 N–H and O–H groups in total. The van der Waals surface area contributed by atoms with E-state index in [1.54, 1.807) is 16.7 Å². The first-order valence-electron chi connectivity index (χ1n) is 10.7. The van der Waals surface area contributed by atoms with E-state index in [9.17, 15) is 8.42 Å². The van der Waals surface area contributed by atoms with E-state index in [2.05, 4.69) is 14.9 Å². The molecule has 1 aromatic rings. The van der Waals surface area contributed by atoms with Crippen molar-refractivity contribution in [2.75, 3.05) is 50.5 Å². The summed E-state index contributed by atoms with van der Waals surface area (Å²) in [6.45, 7) is 4.92. The van der Waals surface area contributed by atoms with E-state index in [-0.39, 0.29) is 0 Å². The molecule has 4 rings (SSSR count). The average Bonchev–Trinajstić information content (AvgIpc) is 3.48. The van der Waals surface area contributed by atoms with Gasteiger partial charge in [-0.1, -0.05) is 11.6 Å². The largest absolute Gasteiger partial charge is 0.381 e. The molecule has 3 aliphatic rings. The van der Waals surface area contributed by atoms with Crippen LogP contribution in [0, 0.1) is 23.7 Å². The summed E-state index contributed by atoms with van der Waals surface area (Å²) in [6.07, 6.45) is 10.1. The maximum Gasteiger partial charge on any atom is 0.225 e. The van der Waals surface area contributed by atoms with Crippen molar-refractivity contribution >= 4 is 27.6 Å². The van der Waals surface area contributed by atoms with Crippen molar-refractivity contribution in [3.8, 4) is 0 Å². The van der Waals surface area contributed by atoms with Gasteiger partial charge in [-0.25, -0.2) is 22.7 Å². The topological polar surface area (TPSA) is 75.6 Å². The number of anilines is 1. The van der Waals surface area contributed by atoms with Crippen LogP contribution in [-0.4, -0.2) is 68.3 Å². The Labute approximate surface area is 178 Å². The number of piperidine rings is 2. The summed E-state index contributed by atoms with van der Waals surface area (Å²) in [5, 5.41) is 0.574. The molecule has 3 heterocycles. The summed E-state index contributed by atoms with van der Waals surface area (Å²) in [7, 11) is -3.04. The third kappa shape index (κ3) is 5.60. The van der Waals surface area contributed by atoms with E-state index >= 15 is 0 Å². The highest BCUT2D eigenvalue weighted by molar-refractivity contribution is 7.88. The van der Waals surface area contributed by atoms with Gasteiger partial charge in [0.15, 0.2) is 0 Å². The molecule has 0 aromatic carbocycles. The molecule has 1 aliphatic carbocycles. The van der Waals surface area contributed by atoms with Crippen molar-refractivity contribution in [2.24, 2.45) is 23.7 Å². The van der Waals surface area contributed by atoms with Crippen molar-refractivity contribution in [2.45, 2.75) is 32.1 Å². The third-order valence-corrected chi connectivity index (χ3v) is 8.24. The van der Waals surface area contributed by atoms with Crippen molar-refractivity contribution in [3.05, 3.63) is 17.4 Å². The Morgan fingerprint density at radius 3 is 2.34 bits per heavy atom. The van der Waals surface area contributed by atoms with E-state index in [1.807, 2.05) is 0 Å². The van der Waals surface area contributed by atoms with Crippen molar-refractivity contribution in [1.82, 2.24) is 14.3 Å². The lowest BCUT2D eigenvalue weighted by Gasteiger charge is -2.32. The fraction of sp³-hybridized carbons (Fsp3) is 0.800. The lowest BCUT2D eigenvalue weighted by atomic mass is 9.91. The number of nitrogens with zero attached hydrogens (tertiary/aromatic N) is 4. The zero-order chi connectivity index (χ0) is 20.4. The van der Waals surface area contributed by atoms with Crippen molar-refractivity contribution in [3.63, 3.8) is 0 Å². The van der Waals surface area contributed by atoms with Crippen molar-refractivity contribution in [1.29, 1.82) is 0 Å². The number of hydrogen-bond donors (Lipinski definition) is 0. The first kappa shape index (κ1) is 21.3. The molecule has 2 saturated heterocycles. The molecule has 0 radical (unpaired) electrons.